The maximum atomic E-state index is 12.1. The molecule has 2 rings (SSSR count). The first-order valence-electron chi connectivity index (χ1n) is 9.81. The van der Waals surface area contributed by atoms with Gasteiger partial charge in [-0.05, 0) is 67.2 Å². The minimum atomic E-state index is -4.15. The molecule has 0 aromatic rings. The zero-order valence-corrected chi connectivity index (χ0v) is 18.5. The third-order valence-electron chi connectivity index (χ3n) is 4.66. The number of carboxylic acid groups (broad SMARTS) is 1. The summed E-state index contributed by atoms with van der Waals surface area (Å²) >= 11 is 0. The van der Waals surface area contributed by atoms with Crippen molar-refractivity contribution in [2.24, 2.45) is 22.7 Å². The maximum Gasteiger partial charge on any atom is 0.392 e. The van der Waals surface area contributed by atoms with Gasteiger partial charge in [0.1, 0.15) is 6.10 Å². The topological polar surface area (TPSA) is 83.8 Å². The zero-order chi connectivity index (χ0) is 25.0. The molecule has 184 valence electrons. The monoisotopic (exact) mass is 466 g/mol. The van der Waals surface area contributed by atoms with Gasteiger partial charge in [0.25, 0.3) is 0 Å². The Labute approximate surface area is 178 Å². The quantitative estimate of drug-likeness (QED) is 0.402. The number of rotatable bonds is 1. The van der Waals surface area contributed by atoms with Crippen LogP contribution in [-0.4, -0.2) is 46.7 Å². The first-order chi connectivity index (χ1) is 13.5. The largest absolute Gasteiger partial charge is 0.481 e. The van der Waals surface area contributed by atoms with Crippen molar-refractivity contribution in [3.05, 3.63) is 0 Å². The van der Waals surface area contributed by atoms with Crippen LogP contribution in [0.15, 0.2) is 0 Å². The van der Waals surface area contributed by atoms with Gasteiger partial charge < -0.3 is 14.9 Å². The number of esters is 1. The first kappa shape index (κ1) is 29.5. The Morgan fingerprint density at radius 2 is 1.06 bits per heavy atom. The Kier molecular flexibility index (Phi) is 9.89. The lowest BCUT2D eigenvalue weighted by molar-refractivity contribution is -0.222. The Morgan fingerprint density at radius 1 is 0.742 bits per heavy atom. The standard InChI is InChI=1S/C10H15F3O2.C5H7F3O.C5H10O2/c1-9(2,3)8(14)15-7-4-6(5-7)10(11,12)13;6-5(7,8)3-1-4(9)2-3;1-5(2,3)4(6)7/h6-7H,4-5H2,1-3H3;3-4,9H,1-2H2;1-3H3,(H,6,7). The molecule has 0 aromatic carbocycles. The van der Waals surface area contributed by atoms with E-state index in [2.05, 4.69) is 0 Å². The number of hydrogen-bond acceptors (Lipinski definition) is 4. The normalized spacial score (nSPS) is 26.1. The highest BCUT2D eigenvalue weighted by molar-refractivity contribution is 5.75. The number of halogens is 6. The molecule has 0 amide bonds. The molecule has 0 aliphatic heterocycles. The minimum Gasteiger partial charge on any atom is -0.481 e. The fraction of sp³-hybridized carbons (Fsp3) is 0.900. The molecule has 0 atom stereocenters. The second-order valence-electron chi connectivity index (χ2n) is 9.91. The molecule has 0 heterocycles. The van der Waals surface area contributed by atoms with E-state index in [0.717, 1.165) is 0 Å². The van der Waals surface area contributed by atoms with Gasteiger partial charge >= 0.3 is 24.3 Å². The van der Waals surface area contributed by atoms with Crippen molar-refractivity contribution in [2.75, 3.05) is 0 Å². The summed E-state index contributed by atoms with van der Waals surface area (Å²) < 4.78 is 75.9. The molecule has 0 aromatic heterocycles. The molecule has 0 unspecified atom stereocenters. The van der Waals surface area contributed by atoms with Crippen molar-refractivity contribution in [2.45, 2.75) is 91.8 Å². The minimum absolute atomic E-state index is 0.0919. The molecule has 0 saturated heterocycles. The molecule has 5 nitrogen and oxygen atoms in total. The molecule has 2 aliphatic rings. The van der Waals surface area contributed by atoms with Crippen molar-refractivity contribution < 1.29 is 50.9 Å². The number of aliphatic hydroxyl groups excluding tert-OH is 1. The van der Waals surface area contributed by atoms with Gasteiger partial charge in [-0.2, -0.15) is 26.3 Å². The summed E-state index contributed by atoms with van der Waals surface area (Å²) in [5, 5.41) is 16.7. The Morgan fingerprint density at radius 3 is 1.26 bits per heavy atom. The highest BCUT2D eigenvalue weighted by atomic mass is 19.4. The lowest BCUT2D eigenvalue weighted by Gasteiger charge is -2.37. The third-order valence-corrected chi connectivity index (χ3v) is 4.66. The number of hydrogen-bond donors (Lipinski definition) is 2. The molecule has 2 aliphatic carbocycles. The van der Waals surface area contributed by atoms with Crippen molar-refractivity contribution in [3.8, 4) is 0 Å². The van der Waals surface area contributed by atoms with Crippen LogP contribution in [0, 0.1) is 22.7 Å². The Bertz CT molecular complexity index is 589. The fourth-order valence-corrected chi connectivity index (χ4v) is 2.11. The van der Waals surface area contributed by atoms with Crippen LogP contribution in [0.3, 0.4) is 0 Å². The van der Waals surface area contributed by atoms with Crippen LogP contribution in [0.5, 0.6) is 0 Å². The highest BCUT2D eigenvalue weighted by Crippen LogP contribution is 2.43. The van der Waals surface area contributed by atoms with E-state index < -0.39 is 59.2 Å². The molecule has 2 N–H and O–H groups in total. The van der Waals surface area contributed by atoms with Crippen LogP contribution in [-0.2, 0) is 14.3 Å². The van der Waals surface area contributed by atoms with Gasteiger partial charge in [0.15, 0.2) is 0 Å². The Balaban J connectivity index is 0.000000479. The zero-order valence-electron chi connectivity index (χ0n) is 18.5. The van der Waals surface area contributed by atoms with E-state index in [9.17, 15) is 35.9 Å². The van der Waals surface area contributed by atoms with Gasteiger partial charge in [-0.3, -0.25) is 9.59 Å². The van der Waals surface area contributed by atoms with Gasteiger partial charge in [0.2, 0.25) is 0 Å². The fourth-order valence-electron chi connectivity index (χ4n) is 2.11. The van der Waals surface area contributed by atoms with E-state index >= 15 is 0 Å². The molecule has 0 spiro atoms. The van der Waals surface area contributed by atoms with Crippen LogP contribution in [0.4, 0.5) is 26.3 Å². The molecule has 0 radical (unpaired) electrons. The summed E-state index contributed by atoms with van der Waals surface area (Å²) in [6.45, 7) is 10.0. The highest BCUT2D eigenvalue weighted by Gasteiger charge is 2.50. The summed E-state index contributed by atoms with van der Waals surface area (Å²) in [6, 6.07) is 0. The van der Waals surface area contributed by atoms with E-state index in [0.29, 0.717) is 0 Å². The number of alkyl halides is 6. The molecular formula is C20H32F6O5. The average molecular weight is 466 g/mol. The smallest absolute Gasteiger partial charge is 0.392 e. The molecule has 2 saturated carbocycles. The van der Waals surface area contributed by atoms with Crippen LogP contribution in [0.25, 0.3) is 0 Å². The van der Waals surface area contributed by atoms with Crippen LogP contribution < -0.4 is 0 Å². The Hall–Kier alpha value is -1.52. The second-order valence-corrected chi connectivity index (χ2v) is 9.91. The van der Waals surface area contributed by atoms with Gasteiger partial charge in [-0.15, -0.1) is 0 Å². The van der Waals surface area contributed by atoms with Crippen molar-refractivity contribution >= 4 is 11.9 Å². The lowest BCUT2D eigenvalue weighted by Crippen LogP contribution is -2.42. The number of carbonyl (C=O) groups is 2. The number of aliphatic carboxylic acids is 1. The molecule has 2 fully saturated rings. The molecular weight excluding hydrogens is 434 g/mol. The maximum absolute atomic E-state index is 12.1. The van der Waals surface area contributed by atoms with Crippen LogP contribution in [0.2, 0.25) is 0 Å². The van der Waals surface area contributed by atoms with E-state index in [4.69, 9.17) is 14.9 Å². The number of aliphatic hydroxyl groups is 1. The van der Waals surface area contributed by atoms with E-state index in [1.807, 2.05) is 0 Å². The lowest BCUT2D eigenvalue weighted by atomic mass is 9.81. The van der Waals surface area contributed by atoms with Gasteiger partial charge in [0.05, 0.1) is 28.8 Å². The predicted molar refractivity (Wildman–Crippen MR) is 100.0 cm³/mol. The van der Waals surface area contributed by atoms with Crippen LogP contribution in [0.1, 0.15) is 67.2 Å². The predicted octanol–water partition coefficient (Wildman–Crippen LogP) is 5.35. The first-order valence-corrected chi connectivity index (χ1v) is 9.81. The molecule has 0 bridgehead atoms. The number of carboxylic acids is 1. The summed E-state index contributed by atoms with van der Waals surface area (Å²) in [4.78, 5) is 21.3. The van der Waals surface area contributed by atoms with E-state index in [1.165, 1.54) is 0 Å². The summed E-state index contributed by atoms with van der Waals surface area (Å²) in [7, 11) is 0. The average Bonchev–Trinajstić information content (AvgIpc) is 2.44. The van der Waals surface area contributed by atoms with Crippen molar-refractivity contribution in [1.82, 2.24) is 0 Å². The number of ether oxygens (including phenoxy) is 1. The van der Waals surface area contributed by atoms with Gasteiger partial charge in [-0.1, -0.05) is 0 Å². The van der Waals surface area contributed by atoms with Gasteiger partial charge in [0, 0.05) is 0 Å². The van der Waals surface area contributed by atoms with Crippen molar-refractivity contribution in [1.29, 1.82) is 0 Å². The van der Waals surface area contributed by atoms with E-state index in [1.54, 1.807) is 41.5 Å². The summed E-state index contributed by atoms with van der Waals surface area (Å²) in [5.41, 5.74) is -1.23. The number of carbonyl (C=O) groups excluding carboxylic acids is 1. The van der Waals surface area contributed by atoms with E-state index in [-0.39, 0.29) is 25.7 Å². The molecule has 11 heteroatoms. The second kappa shape index (κ2) is 10.4. The summed E-state index contributed by atoms with van der Waals surface area (Å²) in [5.74, 6) is -3.73. The summed E-state index contributed by atoms with van der Waals surface area (Å²) in [6.07, 6.45) is -9.90. The molecule has 31 heavy (non-hydrogen) atoms. The SMILES string of the molecule is CC(C)(C)C(=O)O.CC(C)(C)C(=O)OC1CC(C(F)(F)F)C1.OC1CC(C(F)(F)F)C1. The van der Waals surface area contributed by atoms with Crippen molar-refractivity contribution in [3.63, 3.8) is 0 Å². The van der Waals surface area contributed by atoms with Gasteiger partial charge in [-0.25, -0.2) is 0 Å². The van der Waals surface area contributed by atoms with Crippen LogP contribution >= 0.6 is 0 Å². The third kappa shape index (κ3) is 11.1.